The molecule has 0 radical (unpaired) electrons. The molecule has 5 nitrogen and oxygen atoms in total. The molecule has 5 heteroatoms. The molecular formula is C23H28N4O. The number of imidazole rings is 1. The normalized spacial score (nSPS) is 24.4. The number of H-pyrrole nitrogens is 1. The van der Waals surface area contributed by atoms with E-state index in [4.69, 9.17) is 4.98 Å². The van der Waals surface area contributed by atoms with Gasteiger partial charge in [0.1, 0.15) is 0 Å². The third-order valence-corrected chi connectivity index (χ3v) is 7.62. The molecule has 1 aromatic carbocycles. The van der Waals surface area contributed by atoms with Crippen LogP contribution >= 0.6 is 0 Å². The molecule has 0 bridgehead atoms. The number of carbonyl (C=O) groups excluding carboxylic acids is 1. The third kappa shape index (κ3) is 2.48. The minimum atomic E-state index is -0.185. The molecule has 2 aliphatic heterocycles. The van der Waals surface area contributed by atoms with E-state index in [0.717, 1.165) is 57.4 Å². The quantitative estimate of drug-likeness (QED) is 0.877. The number of aromatic nitrogens is 2. The van der Waals surface area contributed by atoms with Crippen LogP contribution in [0.5, 0.6) is 0 Å². The topological polar surface area (TPSA) is 52.2 Å². The highest BCUT2D eigenvalue weighted by atomic mass is 16.2. The zero-order valence-electron chi connectivity index (χ0n) is 16.4. The van der Waals surface area contributed by atoms with Gasteiger partial charge in [0, 0.05) is 43.7 Å². The van der Waals surface area contributed by atoms with Crippen molar-refractivity contribution < 1.29 is 4.79 Å². The number of likely N-dealkylation sites (tertiary alicyclic amines) is 1. The van der Waals surface area contributed by atoms with E-state index in [1.807, 2.05) is 6.33 Å². The van der Waals surface area contributed by atoms with Crippen LogP contribution in [-0.4, -0.2) is 51.4 Å². The van der Waals surface area contributed by atoms with Gasteiger partial charge < -0.3 is 9.88 Å². The van der Waals surface area contributed by atoms with Crippen molar-refractivity contribution in [3.63, 3.8) is 0 Å². The van der Waals surface area contributed by atoms with Crippen molar-refractivity contribution in [1.82, 2.24) is 19.8 Å². The smallest absolute Gasteiger partial charge is 0.226 e. The summed E-state index contributed by atoms with van der Waals surface area (Å²) >= 11 is 0. The second-order valence-corrected chi connectivity index (χ2v) is 9.14. The summed E-state index contributed by atoms with van der Waals surface area (Å²) < 4.78 is 0. The Bertz CT molecular complexity index is 882. The largest absolute Gasteiger partial charge is 0.348 e. The van der Waals surface area contributed by atoms with E-state index in [1.165, 1.54) is 29.7 Å². The highest BCUT2D eigenvalue weighted by molar-refractivity contribution is 5.82. The Balaban J connectivity index is 1.25. The summed E-state index contributed by atoms with van der Waals surface area (Å²) in [4.78, 5) is 26.1. The van der Waals surface area contributed by atoms with E-state index in [1.54, 1.807) is 0 Å². The Kier molecular flexibility index (Phi) is 3.70. The Hall–Kier alpha value is -2.14. The molecule has 1 spiro atoms. The third-order valence-electron chi connectivity index (χ3n) is 7.62. The minimum absolute atomic E-state index is 0.185. The Morgan fingerprint density at radius 1 is 1.07 bits per heavy atom. The second kappa shape index (κ2) is 6.18. The average molecular weight is 377 g/mol. The van der Waals surface area contributed by atoms with Gasteiger partial charge >= 0.3 is 0 Å². The molecule has 4 aliphatic rings. The van der Waals surface area contributed by atoms with Gasteiger partial charge in [0.05, 0.1) is 17.6 Å². The molecule has 146 valence electrons. The molecule has 1 aromatic heterocycles. The van der Waals surface area contributed by atoms with Gasteiger partial charge in [-0.1, -0.05) is 24.3 Å². The summed E-state index contributed by atoms with van der Waals surface area (Å²) in [5, 5.41) is 0. The molecule has 2 fully saturated rings. The van der Waals surface area contributed by atoms with Crippen LogP contribution in [0.2, 0.25) is 0 Å². The van der Waals surface area contributed by atoms with Crippen LogP contribution in [0.15, 0.2) is 30.6 Å². The average Bonchev–Trinajstić information content (AvgIpc) is 3.30. The molecule has 3 heterocycles. The number of amides is 1. The lowest BCUT2D eigenvalue weighted by Gasteiger charge is -2.51. The number of nitrogens with one attached hydrogen (secondary N) is 1. The number of hydrogen-bond donors (Lipinski definition) is 1. The van der Waals surface area contributed by atoms with E-state index in [2.05, 4.69) is 39.0 Å². The summed E-state index contributed by atoms with van der Waals surface area (Å²) in [6.07, 6.45) is 9.25. The second-order valence-electron chi connectivity index (χ2n) is 9.14. The SMILES string of the molecule is O=C(C1CC1)N1CCc2[nH]cnc2C12CCN(C1Cc3ccccc3C1)CC2. The highest BCUT2D eigenvalue weighted by Crippen LogP contribution is 2.46. The molecule has 1 N–H and O–H groups in total. The maximum absolute atomic E-state index is 13.1. The lowest BCUT2D eigenvalue weighted by molar-refractivity contribution is -0.143. The summed E-state index contributed by atoms with van der Waals surface area (Å²) in [5.41, 5.74) is 5.26. The lowest BCUT2D eigenvalue weighted by atomic mass is 9.78. The molecule has 1 amide bonds. The minimum Gasteiger partial charge on any atom is -0.348 e. The number of benzene rings is 1. The van der Waals surface area contributed by atoms with E-state index in [9.17, 15) is 4.79 Å². The number of fused-ring (bicyclic) bond motifs is 3. The van der Waals surface area contributed by atoms with Gasteiger partial charge in [-0.3, -0.25) is 9.69 Å². The summed E-state index contributed by atoms with van der Waals surface area (Å²) in [7, 11) is 0. The first-order valence-corrected chi connectivity index (χ1v) is 10.9. The zero-order chi connectivity index (χ0) is 18.7. The van der Waals surface area contributed by atoms with Crippen molar-refractivity contribution >= 4 is 5.91 Å². The van der Waals surface area contributed by atoms with Crippen LogP contribution in [0.3, 0.4) is 0 Å². The fraction of sp³-hybridized carbons (Fsp3) is 0.565. The van der Waals surface area contributed by atoms with E-state index in [-0.39, 0.29) is 11.5 Å². The fourth-order valence-electron chi connectivity index (χ4n) is 5.91. The Morgan fingerprint density at radius 2 is 1.79 bits per heavy atom. The van der Waals surface area contributed by atoms with Crippen molar-refractivity contribution in [1.29, 1.82) is 0 Å². The molecule has 2 aliphatic carbocycles. The zero-order valence-corrected chi connectivity index (χ0v) is 16.4. The number of nitrogens with zero attached hydrogens (tertiary/aromatic N) is 3. The Morgan fingerprint density at radius 3 is 2.46 bits per heavy atom. The predicted molar refractivity (Wildman–Crippen MR) is 107 cm³/mol. The van der Waals surface area contributed by atoms with Crippen LogP contribution in [0, 0.1) is 5.92 Å². The molecule has 0 unspecified atom stereocenters. The van der Waals surface area contributed by atoms with Crippen molar-refractivity contribution in [3.8, 4) is 0 Å². The van der Waals surface area contributed by atoms with Crippen molar-refractivity contribution in [2.45, 2.75) is 56.5 Å². The van der Waals surface area contributed by atoms with Gasteiger partial charge in [0.15, 0.2) is 0 Å². The number of hydrogen-bond acceptors (Lipinski definition) is 3. The number of rotatable bonds is 2. The molecule has 1 saturated heterocycles. The van der Waals surface area contributed by atoms with Crippen LogP contribution in [0.1, 0.15) is 48.2 Å². The van der Waals surface area contributed by atoms with Crippen molar-refractivity contribution in [2.24, 2.45) is 5.92 Å². The number of aromatic amines is 1. The van der Waals surface area contributed by atoms with E-state index >= 15 is 0 Å². The summed E-state index contributed by atoms with van der Waals surface area (Å²) in [6, 6.07) is 9.51. The van der Waals surface area contributed by atoms with Crippen molar-refractivity contribution in [2.75, 3.05) is 19.6 Å². The van der Waals surface area contributed by atoms with Crippen LogP contribution in [-0.2, 0) is 29.6 Å². The van der Waals surface area contributed by atoms with Gasteiger partial charge in [-0.25, -0.2) is 4.98 Å². The number of carbonyl (C=O) groups is 1. The van der Waals surface area contributed by atoms with E-state index in [0.29, 0.717) is 11.9 Å². The molecule has 1 saturated carbocycles. The first-order chi connectivity index (χ1) is 13.7. The first-order valence-electron chi connectivity index (χ1n) is 10.9. The molecule has 6 rings (SSSR count). The predicted octanol–water partition coefficient (Wildman–Crippen LogP) is 2.66. The first kappa shape index (κ1) is 16.8. The van der Waals surface area contributed by atoms with E-state index < -0.39 is 0 Å². The maximum atomic E-state index is 13.1. The van der Waals surface area contributed by atoms with Gasteiger partial charge in [0.25, 0.3) is 0 Å². The van der Waals surface area contributed by atoms with Gasteiger partial charge in [0.2, 0.25) is 5.91 Å². The monoisotopic (exact) mass is 376 g/mol. The molecular weight excluding hydrogens is 348 g/mol. The van der Waals surface area contributed by atoms with Gasteiger partial charge in [-0.05, 0) is 49.7 Å². The summed E-state index contributed by atoms with van der Waals surface area (Å²) in [6.45, 7) is 2.96. The lowest BCUT2D eigenvalue weighted by Crippen LogP contribution is -2.59. The summed E-state index contributed by atoms with van der Waals surface area (Å²) in [5.74, 6) is 0.662. The molecule has 0 atom stereocenters. The van der Waals surface area contributed by atoms with Gasteiger partial charge in [-0.15, -0.1) is 0 Å². The highest BCUT2D eigenvalue weighted by Gasteiger charge is 2.51. The maximum Gasteiger partial charge on any atom is 0.226 e. The van der Waals surface area contributed by atoms with Crippen molar-refractivity contribution in [3.05, 3.63) is 53.1 Å². The molecule has 2 aromatic rings. The fourth-order valence-corrected chi connectivity index (χ4v) is 5.91. The van der Waals surface area contributed by atoms with Gasteiger partial charge in [-0.2, -0.15) is 0 Å². The van der Waals surface area contributed by atoms with Crippen LogP contribution < -0.4 is 0 Å². The van der Waals surface area contributed by atoms with Crippen LogP contribution in [0.4, 0.5) is 0 Å². The van der Waals surface area contributed by atoms with Crippen LogP contribution in [0.25, 0.3) is 0 Å². The molecule has 28 heavy (non-hydrogen) atoms. The Labute approximate surface area is 166 Å². The number of piperidine rings is 1. The standard InChI is InChI=1S/C23H28N4O/c28-22(16-5-6-16)27-10-7-20-21(25-15-24-20)23(27)8-11-26(12-9-23)19-13-17-3-1-2-4-18(17)14-19/h1-4,15-16,19H,5-14H2,(H,24,25).